The van der Waals surface area contributed by atoms with Gasteiger partial charge in [-0.25, -0.2) is 8.78 Å². The van der Waals surface area contributed by atoms with E-state index in [1.54, 1.807) is 18.2 Å². The highest BCUT2D eigenvalue weighted by Crippen LogP contribution is 2.24. The van der Waals surface area contributed by atoms with Crippen LogP contribution in [0.5, 0.6) is 0 Å². The zero-order chi connectivity index (χ0) is 22.3. The Bertz CT molecular complexity index is 1050. The molecule has 1 aliphatic heterocycles. The molecule has 0 unspecified atom stereocenters. The molecule has 3 aromatic carbocycles. The predicted octanol–water partition coefficient (Wildman–Crippen LogP) is 4.68. The number of halogens is 2. The molecule has 4 rings (SSSR count). The molecule has 1 saturated heterocycles. The number of aldehydes is 1. The molecular weight excluding hydrogens is 410 g/mol. The Kier molecular flexibility index (Phi) is 7.24. The SMILES string of the molecule is O=Cc1ccc(N2CCN(Cc3ccccc3F)[C@@H](COCc3ccccc3)C2)cc1F. The fraction of sp³-hybridized carbons (Fsp3) is 0.269. The lowest BCUT2D eigenvalue weighted by Gasteiger charge is -2.42. The summed E-state index contributed by atoms with van der Waals surface area (Å²) in [6.45, 7) is 3.41. The first-order chi connectivity index (χ1) is 15.6. The van der Waals surface area contributed by atoms with Gasteiger partial charge in [0.15, 0.2) is 6.29 Å². The number of carbonyl (C=O) groups is 1. The molecule has 0 saturated carbocycles. The number of piperazine rings is 1. The average molecular weight is 437 g/mol. The third-order valence-electron chi connectivity index (χ3n) is 5.83. The van der Waals surface area contributed by atoms with Gasteiger partial charge < -0.3 is 9.64 Å². The van der Waals surface area contributed by atoms with E-state index in [4.69, 9.17) is 4.74 Å². The van der Waals surface area contributed by atoms with E-state index in [2.05, 4.69) is 9.80 Å². The molecular formula is C26H26F2N2O2. The average Bonchev–Trinajstić information content (AvgIpc) is 2.82. The van der Waals surface area contributed by atoms with Crippen LogP contribution in [0.2, 0.25) is 0 Å². The number of hydrogen-bond acceptors (Lipinski definition) is 4. The van der Waals surface area contributed by atoms with Crippen LogP contribution in [0, 0.1) is 11.6 Å². The van der Waals surface area contributed by atoms with E-state index >= 15 is 0 Å². The second-order valence-electron chi connectivity index (χ2n) is 7.99. The van der Waals surface area contributed by atoms with Crippen molar-refractivity contribution in [3.05, 3.63) is 101 Å². The second kappa shape index (κ2) is 10.5. The van der Waals surface area contributed by atoms with Crippen molar-refractivity contribution >= 4 is 12.0 Å². The van der Waals surface area contributed by atoms with Gasteiger partial charge in [0.05, 0.1) is 24.8 Å². The zero-order valence-corrected chi connectivity index (χ0v) is 17.8. The number of carbonyl (C=O) groups excluding carboxylic acids is 1. The summed E-state index contributed by atoms with van der Waals surface area (Å²) in [4.78, 5) is 15.2. The monoisotopic (exact) mass is 436 g/mol. The minimum Gasteiger partial charge on any atom is -0.375 e. The smallest absolute Gasteiger partial charge is 0.152 e. The molecule has 6 heteroatoms. The van der Waals surface area contributed by atoms with Crippen LogP contribution >= 0.6 is 0 Å². The van der Waals surface area contributed by atoms with Gasteiger partial charge in [0, 0.05) is 37.4 Å². The second-order valence-corrected chi connectivity index (χ2v) is 7.99. The third-order valence-corrected chi connectivity index (χ3v) is 5.83. The normalized spacial score (nSPS) is 16.8. The molecule has 32 heavy (non-hydrogen) atoms. The number of ether oxygens (including phenoxy) is 1. The lowest BCUT2D eigenvalue weighted by Crippen LogP contribution is -2.54. The van der Waals surface area contributed by atoms with Crippen molar-refractivity contribution in [1.29, 1.82) is 0 Å². The molecule has 1 atom stereocenters. The molecule has 1 heterocycles. The third kappa shape index (κ3) is 5.39. The summed E-state index contributed by atoms with van der Waals surface area (Å²) in [5.41, 5.74) is 2.52. The van der Waals surface area contributed by atoms with Crippen molar-refractivity contribution in [3.8, 4) is 0 Å². The highest BCUT2D eigenvalue weighted by Gasteiger charge is 2.28. The molecule has 0 spiro atoms. The molecule has 0 N–H and O–H groups in total. The summed E-state index contributed by atoms with van der Waals surface area (Å²) in [5, 5.41) is 0. The van der Waals surface area contributed by atoms with Crippen molar-refractivity contribution in [2.45, 2.75) is 19.2 Å². The molecule has 4 nitrogen and oxygen atoms in total. The van der Waals surface area contributed by atoms with Gasteiger partial charge in [-0.05, 0) is 29.8 Å². The number of nitrogens with zero attached hydrogens (tertiary/aromatic N) is 2. The highest BCUT2D eigenvalue weighted by molar-refractivity contribution is 5.76. The van der Waals surface area contributed by atoms with Gasteiger partial charge in [-0.15, -0.1) is 0 Å². The summed E-state index contributed by atoms with van der Waals surface area (Å²) in [6, 6.07) is 21.4. The van der Waals surface area contributed by atoms with Crippen molar-refractivity contribution in [1.82, 2.24) is 4.90 Å². The molecule has 1 aliphatic rings. The van der Waals surface area contributed by atoms with Crippen LogP contribution in [-0.2, 0) is 17.9 Å². The minimum atomic E-state index is -0.525. The van der Waals surface area contributed by atoms with Crippen LogP contribution in [0.15, 0.2) is 72.8 Å². The van der Waals surface area contributed by atoms with E-state index in [1.807, 2.05) is 36.4 Å². The van der Waals surface area contributed by atoms with Gasteiger partial charge in [0.2, 0.25) is 0 Å². The van der Waals surface area contributed by atoms with Crippen LogP contribution < -0.4 is 4.90 Å². The van der Waals surface area contributed by atoms with Gasteiger partial charge >= 0.3 is 0 Å². The Labute approximate surface area is 187 Å². The number of hydrogen-bond donors (Lipinski definition) is 0. The maximum Gasteiger partial charge on any atom is 0.152 e. The molecule has 3 aromatic rings. The molecule has 0 bridgehead atoms. The van der Waals surface area contributed by atoms with Gasteiger partial charge in [0.1, 0.15) is 11.6 Å². The highest BCUT2D eigenvalue weighted by atomic mass is 19.1. The van der Waals surface area contributed by atoms with E-state index in [9.17, 15) is 13.6 Å². The maximum atomic E-state index is 14.3. The molecule has 0 aromatic heterocycles. The summed E-state index contributed by atoms with van der Waals surface area (Å²) >= 11 is 0. The van der Waals surface area contributed by atoms with Gasteiger partial charge in [-0.3, -0.25) is 9.69 Å². The predicted molar refractivity (Wildman–Crippen MR) is 121 cm³/mol. The minimum absolute atomic E-state index is 0.000812. The lowest BCUT2D eigenvalue weighted by molar-refractivity contribution is 0.0408. The zero-order valence-electron chi connectivity index (χ0n) is 17.8. The Balaban J connectivity index is 1.48. The molecule has 166 valence electrons. The Morgan fingerprint density at radius 1 is 0.938 bits per heavy atom. The molecule has 1 fully saturated rings. The van der Waals surface area contributed by atoms with Crippen LogP contribution in [-0.4, -0.2) is 43.5 Å². The van der Waals surface area contributed by atoms with E-state index < -0.39 is 5.82 Å². The van der Waals surface area contributed by atoms with Crippen LogP contribution in [0.4, 0.5) is 14.5 Å². The van der Waals surface area contributed by atoms with E-state index in [0.29, 0.717) is 51.2 Å². The Morgan fingerprint density at radius 2 is 1.72 bits per heavy atom. The molecule has 0 amide bonds. The van der Waals surface area contributed by atoms with E-state index in [1.165, 1.54) is 18.2 Å². The fourth-order valence-electron chi connectivity index (χ4n) is 4.03. The standard InChI is InChI=1S/C26H26F2N2O2/c27-25-9-5-4-8-21(25)15-29-12-13-30(23-11-10-22(17-31)26(28)14-23)16-24(29)19-32-18-20-6-2-1-3-7-20/h1-11,14,17,24H,12-13,15-16,18-19H2/t24-/m1/s1. The quantitative estimate of drug-likeness (QED) is 0.480. The Morgan fingerprint density at radius 3 is 2.47 bits per heavy atom. The largest absolute Gasteiger partial charge is 0.375 e. The van der Waals surface area contributed by atoms with Crippen molar-refractivity contribution in [2.24, 2.45) is 0 Å². The first-order valence-corrected chi connectivity index (χ1v) is 10.7. The molecule has 0 radical (unpaired) electrons. The Hall–Kier alpha value is -3.09. The first kappa shape index (κ1) is 22.1. The summed E-state index contributed by atoms with van der Waals surface area (Å²) < 4.78 is 34.5. The van der Waals surface area contributed by atoms with Crippen LogP contribution in [0.3, 0.4) is 0 Å². The topological polar surface area (TPSA) is 32.8 Å². The lowest BCUT2D eigenvalue weighted by atomic mass is 10.1. The summed E-state index contributed by atoms with van der Waals surface area (Å²) in [5.74, 6) is -0.742. The van der Waals surface area contributed by atoms with Gasteiger partial charge in [0.25, 0.3) is 0 Å². The van der Waals surface area contributed by atoms with Crippen molar-refractivity contribution in [2.75, 3.05) is 31.1 Å². The fourth-order valence-corrected chi connectivity index (χ4v) is 4.03. The first-order valence-electron chi connectivity index (χ1n) is 10.7. The number of anilines is 1. The summed E-state index contributed by atoms with van der Waals surface area (Å²) in [6.07, 6.45) is 0.520. The van der Waals surface area contributed by atoms with Crippen LogP contribution in [0.1, 0.15) is 21.5 Å². The number of rotatable bonds is 8. The van der Waals surface area contributed by atoms with E-state index in [-0.39, 0.29) is 17.4 Å². The van der Waals surface area contributed by atoms with Crippen molar-refractivity contribution in [3.63, 3.8) is 0 Å². The van der Waals surface area contributed by atoms with E-state index in [0.717, 1.165) is 11.3 Å². The summed E-state index contributed by atoms with van der Waals surface area (Å²) in [7, 11) is 0. The molecule has 0 aliphatic carbocycles. The van der Waals surface area contributed by atoms with Gasteiger partial charge in [-0.1, -0.05) is 48.5 Å². The maximum absolute atomic E-state index is 14.3. The van der Waals surface area contributed by atoms with Gasteiger partial charge in [-0.2, -0.15) is 0 Å². The van der Waals surface area contributed by atoms with Crippen LogP contribution in [0.25, 0.3) is 0 Å². The number of benzene rings is 3. The van der Waals surface area contributed by atoms with Crippen molar-refractivity contribution < 1.29 is 18.3 Å².